The Morgan fingerprint density at radius 1 is 1.00 bits per heavy atom. The van der Waals surface area contributed by atoms with E-state index >= 15 is 0 Å². The van der Waals surface area contributed by atoms with Crippen LogP contribution < -0.4 is 4.74 Å². The van der Waals surface area contributed by atoms with Gasteiger partial charge in [0.15, 0.2) is 0 Å². The molecular formula is C25H21Cl2N3O3S. The Bertz CT molecular complexity index is 1290. The highest BCUT2D eigenvalue weighted by Crippen LogP contribution is 2.37. The van der Waals surface area contributed by atoms with Crippen molar-refractivity contribution >= 4 is 40.9 Å². The lowest BCUT2D eigenvalue weighted by molar-refractivity contribution is 0.0515. The van der Waals surface area contributed by atoms with Crippen LogP contribution in [0.25, 0.3) is 11.1 Å². The van der Waals surface area contributed by atoms with E-state index < -0.39 is 5.97 Å². The summed E-state index contributed by atoms with van der Waals surface area (Å²) in [5.74, 6) is 0.233. The zero-order chi connectivity index (χ0) is 24.1. The zero-order valence-electron chi connectivity index (χ0n) is 18.5. The molecule has 0 radical (unpaired) electrons. The minimum Gasteiger partial charge on any atom is -0.497 e. The second-order valence-corrected chi connectivity index (χ2v) is 9.10. The number of carbonyl (C=O) groups excluding carboxylic acids is 1. The van der Waals surface area contributed by atoms with Crippen LogP contribution in [-0.2, 0) is 11.3 Å². The highest BCUT2D eigenvalue weighted by molar-refractivity contribution is 7.99. The smallest absolute Gasteiger partial charge is 0.361 e. The quantitative estimate of drug-likeness (QED) is 0.246. The number of carbonyl (C=O) groups is 1. The Balaban J connectivity index is 1.65. The minimum atomic E-state index is -0.528. The van der Waals surface area contributed by atoms with Crippen LogP contribution in [0.15, 0.2) is 76.7 Å². The van der Waals surface area contributed by atoms with Gasteiger partial charge in [0.2, 0.25) is 5.69 Å². The first-order valence-corrected chi connectivity index (χ1v) is 12.0. The van der Waals surface area contributed by atoms with Crippen LogP contribution in [0.4, 0.5) is 0 Å². The molecule has 0 N–H and O–H groups in total. The van der Waals surface area contributed by atoms with Crippen molar-refractivity contribution in [3.05, 3.63) is 88.0 Å². The number of rotatable bonds is 8. The summed E-state index contributed by atoms with van der Waals surface area (Å²) < 4.78 is 12.1. The van der Waals surface area contributed by atoms with Gasteiger partial charge in [0.25, 0.3) is 0 Å². The van der Waals surface area contributed by atoms with Crippen molar-refractivity contribution in [1.82, 2.24) is 15.0 Å². The Morgan fingerprint density at radius 3 is 2.35 bits per heavy atom. The summed E-state index contributed by atoms with van der Waals surface area (Å²) in [4.78, 5) is 13.3. The molecule has 0 bridgehead atoms. The van der Waals surface area contributed by atoms with E-state index in [4.69, 9.17) is 32.7 Å². The topological polar surface area (TPSA) is 66.2 Å². The van der Waals surface area contributed by atoms with Gasteiger partial charge in [-0.1, -0.05) is 70.5 Å². The van der Waals surface area contributed by atoms with E-state index in [1.807, 2.05) is 66.7 Å². The second kappa shape index (κ2) is 11.0. The molecule has 0 spiro atoms. The largest absolute Gasteiger partial charge is 0.497 e. The Hall–Kier alpha value is -3.00. The van der Waals surface area contributed by atoms with Crippen LogP contribution in [0, 0.1) is 0 Å². The maximum Gasteiger partial charge on any atom is 0.361 e. The highest BCUT2D eigenvalue weighted by Gasteiger charge is 2.23. The van der Waals surface area contributed by atoms with Gasteiger partial charge in [-0.05, 0) is 60.0 Å². The van der Waals surface area contributed by atoms with Gasteiger partial charge in [-0.3, -0.25) is 0 Å². The van der Waals surface area contributed by atoms with Gasteiger partial charge < -0.3 is 9.47 Å². The molecule has 9 heteroatoms. The Labute approximate surface area is 211 Å². The summed E-state index contributed by atoms with van der Waals surface area (Å²) in [6.07, 6.45) is 0. The predicted octanol–water partition coefficient (Wildman–Crippen LogP) is 6.64. The third-order valence-electron chi connectivity index (χ3n) is 4.97. The minimum absolute atomic E-state index is 0.151. The third kappa shape index (κ3) is 5.55. The van der Waals surface area contributed by atoms with E-state index in [2.05, 4.69) is 10.3 Å². The molecule has 0 fully saturated rings. The van der Waals surface area contributed by atoms with Crippen LogP contribution >= 0.6 is 35.0 Å². The summed E-state index contributed by atoms with van der Waals surface area (Å²) in [6.45, 7) is 2.41. The number of halogens is 2. The molecule has 4 aromatic rings. The van der Waals surface area contributed by atoms with Gasteiger partial charge in [-0.25, -0.2) is 9.48 Å². The van der Waals surface area contributed by atoms with Crippen LogP contribution in [0.1, 0.15) is 23.0 Å². The van der Waals surface area contributed by atoms with Gasteiger partial charge in [-0.15, -0.1) is 5.10 Å². The maximum absolute atomic E-state index is 12.5. The fourth-order valence-electron chi connectivity index (χ4n) is 3.25. The molecule has 0 unspecified atom stereocenters. The molecule has 1 aromatic heterocycles. The number of aromatic nitrogens is 3. The van der Waals surface area contributed by atoms with Crippen molar-refractivity contribution in [1.29, 1.82) is 0 Å². The number of hydrogen-bond acceptors (Lipinski definition) is 6. The van der Waals surface area contributed by atoms with Gasteiger partial charge in [-0.2, -0.15) is 0 Å². The summed E-state index contributed by atoms with van der Waals surface area (Å²) >= 11 is 14.0. The number of esters is 1. The number of methoxy groups -OCH3 is 1. The maximum atomic E-state index is 12.5. The van der Waals surface area contributed by atoms with E-state index in [0.717, 1.165) is 27.3 Å². The van der Waals surface area contributed by atoms with E-state index in [9.17, 15) is 4.79 Å². The van der Waals surface area contributed by atoms with Crippen LogP contribution in [0.5, 0.6) is 5.75 Å². The monoisotopic (exact) mass is 513 g/mol. The van der Waals surface area contributed by atoms with Crippen molar-refractivity contribution in [3.8, 4) is 16.9 Å². The van der Waals surface area contributed by atoms with E-state index in [1.165, 1.54) is 11.8 Å². The number of benzene rings is 3. The van der Waals surface area contributed by atoms with E-state index in [1.54, 1.807) is 18.7 Å². The van der Waals surface area contributed by atoms with Crippen molar-refractivity contribution in [2.75, 3.05) is 13.7 Å². The second-order valence-electron chi connectivity index (χ2n) is 7.22. The summed E-state index contributed by atoms with van der Waals surface area (Å²) in [5, 5.41) is 10.1. The average molecular weight is 514 g/mol. The molecule has 0 aliphatic rings. The lowest BCUT2D eigenvalue weighted by Gasteiger charge is -2.11. The number of ether oxygens (including phenoxy) is 2. The molecule has 0 amide bonds. The van der Waals surface area contributed by atoms with Gasteiger partial charge in [0.05, 0.1) is 25.3 Å². The first kappa shape index (κ1) is 24.1. The van der Waals surface area contributed by atoms with Crippen molar-refractivity contribution < 1.29 is 14.3 Å². The normalized spacial score (nSPS) is 10.8. The molecule has 3 aromatic carbocycles. The zero-order valence-corrected chi connectivity index (χ0v) is 20.8. The first-order valence-electron chi connectivity index (χ1n) is 10.5. The molecule has 1 heterocycles. The van der Waals surface area contributed by atoms with Crippen molar-refractivity contribution in [3.63, 3.8) is 0 Å². The average Bonchev–Trinajstić information content (AvgIpc) is 3.23. The molecule has 174 valence electrons. The first-order chi connectivity index (χ1) is 16.5. The molecule has 4 rings (SSSR count). The Kier molecular flexibility index (Phi) is 7.77. The van der Waals surface area contributed by atoms with E-state index in [-0.39, 0.29) is 12.3 Å². The SMILES string of the molecule is CCOC(=O)c1nnn(Cc2ccc(OC)cc2)c1Sc1ccc(-c2ccc(Cl)cc2)cc1Cl. The fourth-order valence-corrected chi connectivity index (χ4v) is 4.60. The molecule has 6 nitrogen and oxygen atoms in total. The molecule has 0 atom stereocenters. The van der Waals surface area contributed by atoms with Gasteiger partial charge >= 0.3 is 5.97 Å². The van der Waals surface area contributed by atoms with Gasteiger partial charge in [0.1, 0.15) is 10.8 Å². The van der Waals surface area contributed by atoms with Crippen LogP contribution in [0.3, 0.4) is 0 Å². The number of hydrogen-bond donors (Lipinski definition) is 0. The summed E-state index contributed by atoms with van der Waals surface area (Å²) in [7, 11) is 1.62. The predicted molar refractivity (Wildman–Crippen MR) is 134 cm³/mol. The summed E-state index contributed by atoms with van der Waals surface area (Å²) in [6, 6.07) is 20.9. The van der Waals surface area contributed by atoms with E-state index in [0.29, 0.717) is 21.6 Å². The van der Waals surface area contributed by atoms with Crippen molar-refractivity contribution in [2.24, 2.45) is 0 Å². The summed E-state index contributed by atoms with van der Waals surface area (Å²) in [5.41, 5.74) is 3.09. The molecule has 0 saturated carbocycles. The van der Waals surface area contributed by atoms with Crippen LogP contribution in [0.2, 0.25) is 10.0 Å². The van der Waals surface area contributed by atoms with Crippen LogP contribution in [-0.4, -0.2) is 34.7 Å². The lowest BCUT2D eigenvalue weighted by Crippen LogP contribution is -2.08. The molecule has 34 heavy (non-hydrogen) atoms. The molecule has 0 aliphatic heterocycles. The van der Waals surface area contributed by atoms with Crippen molar-refractivity contribution in [2.45, 2.75) is 23.4 Å². The fraction of sp³-hybridized carbons (Fsp3) is 0.160. The standard InChI is InChI=1S/C25H21Cl2N3O3S/c1-3-33-25(31)23-24(30(29-28-23)15-16-4-11-20(32-2)12-5-16)34-22-13-8-18(14-21(22)27)17-6-9-19(26)10-7-17/h4-14H,3,15H2,1-2H3. The molecule has 0 aliphatic carbocycles. The highest BCUT2D eigenvalue weighted by atomic mass is 35.5. The molecular weight excluding hydrogens is 493 g/mol. The Morgan fingerprint density at radius 2 is 1.71 bits per heavy atom. The van der Waals surface area contributed by atoms with Gasteiger partial charge in [0, 0.05) is 9.92 Å². The number of nitrogens with zero attached hydrogens (tertiary/aromatic N) is 3. The third-order valence-corrected chi connectivity index (χ3v) is 6.82. The lowest BCUT2D eigenvalue weighted by atomic mass is 10.1. The molecule has 0 saturated heterocycles.